The van der Waals surface area contributed by atoms with Crippen LogP contribution in [-0.2, 0) is 16.2 Å². The maximum absolute atomic E-state index is 13.4. The average molecular weight is 490 g/mol. The Morgan fingerprint density at radius 1 is 0.838 bits per heavy atom. The molecule has 0 saturated carbocycles. The van der Waals surface area contributed by atoms with Crippen molar-refractivity contribution in [2.45, 2.75) is 26.5 Å². The average Bonchev–Trinajstić information content (AvgIpc) is 3.20. The Balaban J connectivity index is 1.57. The van der Waals surface area contributed by atoms with Crippen molar-refractivity contribution in [2.24, 2.45) is 0 Å². The summed E-state index contributed by atoms with van der Waals surface area (Å²) >= 11 is 0. The van der Waals surface area contributed by atoms with E-state index in [2.05, 4.69) is 0 Å². The zero-order valence-electron chi connectivity index (χ0n) is 20.7. The molecule has 4 aromatic rings. The number of hydrogen-bond acceptors (Lipinski definition) is 4. The van der Waals surface area contributed by atoms with Gasteiger partial charge in [-0.3, -0.25) is 14.5 Å². The first-order valence-corrected chi connectivity index (χ1v) is 12.1. The molecule has 1 N–H and O–H groups in total. The van der Waals surface area contributed by atoms with Crippen molar-refractivity contribution in [3.63, 3.8) is 0 Å². The van der Waals surface area contributed by atoms with Crippen LogP contribution in [0.15, 0.2) is 109 Å². The summed E-state index contributed by atoms with van der Waals surface area (Å²) in [5, 5.41) is 11.4. The minimum Gasteiger partial charge on any atom is -0.507 e. The molecule has 0 radical (unpaired) electrons. The van der Waals surface area contributed by atoms with Crippen LogP contribution >= 0.6 is 0 Å². The Bertz CT molecular complexity index is 1470. The highest BCUT2D eigenvalue weighted by Gasteiger charge is 2.47. The molecule has 1 aliphatic rings. The minimum atomic E-state index is -0.787. The molecule has 1 amide bonds. The SMILES string of the molecule is Cc1ccc(C)c(/C(O)=C2\C(=O)C(=O)N(c3ccccc3)C2c2ccc(OCc3ccccc3)cc2)c1. The highest BCUT2D eigenvalue weighted by Crippen LogP contribution is 2.42. The summed E-state index contributed by atoms with van der Waals surface area (Å²) in [5.74, 6) is -0.893. The number of amides is 1. The number of benzene rings is 4. The Hall–Kier alpha value is -4.64. The zero-order chi connectivity index (χ0) is 25.9. The summed E-state index contributed by atoms with van der Waals surface area (Å²) in [6.07, 6.45) is 0. The van der Waals surface area contributed by atoms with Crippen LogP contribution in [0.25, 0.3) is 5.76 Å². The van der Waals surface area contributed by atoms with Gasteiger partial charge in [-0.05, 0) is 60.9 Å². The molecule has 1 heterocycles. The van der Waals surface area contributed by atoms with Crippen LogP contribution in [0.1, 0.15) is 33.9 Å². The molecular weight excluding hydrogens is 462 g/mol. The van der Waals surface area contributed by atoms with Crippen molar-refractivity contribution in [2.75, 3.05) is 4.90 Å². The number of para-hydroxylation sites is 1. The van der Waals surface area contributed by atoms with Gasteiger partial charge in [-0.2, -0.15) is 0 Å². The maximum Gasteiger partial charge on any atom is 0.300 e. The molecule has 1 atom stereocenters. The number of aliphatic hydroxyl groups excluding tert-OH is 1. The van der Waals surface area contributed by atoms with E-state index in [4.69, 9.17) is 4.74 Å². The fourth-order valence-corrected chi connectivity index (χ4v) is 4.63. The van der Waals surface area contributed by atoms with Crippen LogP contribution in [-0.4, -0.2) is 16.8 Å². The number of rotatable bonds is 6. The van der Waals surface area contributed by atoms with E-state index in [0.29, 0.717) is 29.2 Å². The summed E-state index contributed by atoms with van der Waals surface area (Å²) in [6.45, 7) is 4.22. The topological polar surface area (TPSA) is 66.8 Å². The number of ether oxygens (including phenoxy) is 1. The lowest BCUT2D eigenvalue weighted by Gasteiger charge is -2.25. The first-order chi connectivity index (χ1) is 17.9. The molecule has 5 rings (SSSR count). The summed E-state index contributed by atoms with van der Waals surface area (Å²) in [6, 6.07) is 31.1. The number of hydrogen-bond donors (Lipinski definition) is 1. The molecular formula is C32H27NO4. The number of nitrogens with zero attached hydrogens (tertiary/aromatic N) is 1. The fraction of sp³-hybridized carbons (Fsp3) is 0.125. The van der Waals surface area contributed by atoms with Gasteiger partial charge in [0.05, 0.1) is 11.6 Å². The molecule has 5 nitrogen and oxygen atoms in total. The van der Waals surface area contributed by atoms with Gasteiger partial charge in [0.15, 0.2) is 0 Å². The Morgan fingerprint density at radius 3 is 2.16 bits per heavy atom. The van der Waals surface area contributed by atoms with E-state index in [1.807, 2.05) is 105 Å². The van der Waals surface area contributed by atoms with Gasteiger partial charge in [0.25, 0.3) is 11.7 Å². The van der Waals surface area contributed by atoms with Crippen LogP contribution in [0.4, 0.5) is 5.69 Å². The summed E-state index contributed by atoms with van der Waals surface area (Å²) < 4.78 is 5.93. The number of ketones is 1. The van der Waals surface area contributed by atoms with Crippen molar-refractivity contribution in [1.82, 2.24) is 0 Å². The first-order valence-electron chi connectivity index (χ1n) is 12.1. The third-order valence-corrected chi connectivity index (χ3v) is 6.57. The van der Waals surface area contributed by atoms with Gasteiger partial charge in [-0.25, -0.2) is 0 Å². The Labute approximate surface area is 216 Å². The molecule has 5 heteroatoms. The third-order valence-electron chi connectivity index (χ3n) is 6.57. The van der Waals surface area contributed by atoms with Gasteiger partial charge >= 0.3 is 0 Å². The zero-order valence-corrected chi connectivity index (χ0v) is 20.7. The van der Waals surface area contributed by atoms with Crippen molar-refractivity contribution in [3.05, 3.63) is 137 Å². The standard InChI is InChI=1S/C32H27NO4/c1-21-13-14-22(2)27(19-21)30(34)28-29(33(32(36)31(28)35)25-11-7-4-8-12-25)24-15-17-26(18-16-24)37-20-23-9-5-3-6-10-23/h3-19,29,34H,20H2,1-2H3/b30-28+. The predicted molar refractivity (Wildman–Crippen MR) is 144 cm³/mol. The number of anilines is 1. The normalized spacial score (nSPS) is 16.7. The molecule has 0 spiro atoms. The van der Waals surface area contributed by atoms with Gasteiger partial charge in [-0.1, -0.05) is 78.4 Å². The van der Waals surface area contributed by atoms with Gasteiger partial charge in [0, 0.05) is 11.3 Å². The molecule has 1 unspecified atom stereocenters. The largest absolute Gasteiger partial charge is 0.507 e. The van der Waals surface area contributed by atoms with E-state index in [1.54, 1.807) is 12.1 Å². The van der Waals surface area contributed by atoms with Gasteiger partial charge in [0.1, 0.15) is 18.1 Å². The monoisotopic (exact) mass is 489 g/mol. The maximum atomic E-state index is 13.4. The molecule has 4 aromatic carbocycles. The summed E-state index contributed by atoms with van der Waals surface area (Å²) in [7, 11) is 0. The second-order valence-electron chi connectivity index (χ2n) is 9.17. The molecule has 184 valence electrons. The smallest absolute Gasteiger partial charge is 0.300 e. The second kappa shape index (κ2) is 10.2. The van der Waals surface area contributed by atoms with E-state index in [1.165, 1.54) is 4.90 Å². The van der Waals surface area contributed by atoms with E-state index in [0.717, 1.165) is 16.7 Å². The quantitative estimate of drug-likeness (QED) is 0.191. The van der Waals surface area contributed by atoms with Crippen molar-refractivity contribution >= 4 is 23.1 Å². The minimum absolute atomic E-state index is 0.0699. The van der Waals surface area contributed by atoms with E-state index in [9.17, 15) is 14.7 Å². The molecule has 1 fully saturated rings. The van der Waals surface area contributed by atoms with Gasteiger partial charge in [-0.15, -0.1) is 0 Å². The van der Waals surface area contributed by atoms with Crippen LogP contribution < -0.4 is 9.64 Å². The number of carbonyl (C=O) groups excluding carboxylic acids is 2. The first kappa shape index (κ1) is 24.1. The van der Waals surface area contributed by atoms with Crippen LogP contribution in [0.2, 0.25) is 0 Å². The highest BCUT2D eigenvalue weighted by atomic mass is 16.5. The number of aryl methyl sites for hydroxylation is 2. The van der Waals surface area contributed by atoms with Crippen molar-refractivity contribution in [3.8, 4) is 5.75 Å². The predicted octanol–water partition coefficient (Wildman–Crippen LogP) is 6.51. The Morgan fingerprint density at radius 2 is 1.49 bits per heavy atom. The van der Waals surface area contributed by atoms with E-state index >= 15 is 0 Å². The van der Waals surface area contributed by atoms with Crippen molar-refractivity contribution in [1.29, 1.82) is 0 Å². The fourth-order valence-electron chi connectivity index (χ4n) is 4.63. The van der Waals surface area contributed by atoms with E-state index < -0.39 is 17.7 Å². The van der Waals surface area contributed by atoms with Crippen LogP contribution in [0, 0.1) is 13.8 Å². The lowest BCUT2D eigenvalue weighted by molar-refractivity contribution is -0.132. The van der Waals surface area contributed by atoms with Crippen molar-refractivity contribution < 1.29 is 19.4 Å². The van der Waals surface area contributed by atoms with Crippen LogP contribution in [0.5, 0.6) is 5.75 Å². The molecule has 1 saturated heterocycles. The van der Waals surface area contributed by atoms with E-state index in [-0.39, 0.29) is 11.3 Å². The lowest BCUT2D eigenvalue weighted by Crippen LogP contribution is -2.29. The molecule has 0 aromatic heterocycles. The number of carbonyl (C=O) groups is 2. The molecule has 0 bridgehead atoms. The summed E-state index contributed by atoms with van der Waals surface area (Å²) in [4.78, 5) is 28.2. The van der Waals surface area contributed by atoms with Gasteiger partial charge in [0.2, 0.25) is 0 Å². The third kappa shape index (κ3) is 4.76. The molecule has 37 heavy (non-hydrogen) atoms. The second-order valence-corrected chi connectivity index (χ2v) is 9.17. The summed E-state index contributed by atoms with van der Waals surface area (Å²) in [5.41, 5.74) is 4.70. The van der Waals surface area contributed by atoms with Crippen LogP contribution in [0.3, 0.4) is 0 Å². The molecule has 0 aliphatic carbocycles. The molecule has 1 aliphatic heterocycles. The highest BCUT2D eigenvalue weighted by molar-refractivity contribution is 6.51. The Kier molecular flexibility index (Phi) is 6.60. The lowest BCUT2D eigenvalue weighted by atomic mass is 9.93. The number of aliphatic hydroxyl groups is 1. The number of Topliss-reactive ketones (excluding diaryl/α,β-unsaturated/α-hetero) is 1. The van der Waals surface area contributed by atoms with Gasteiger partial charge < -0.3 is 9.84 Å².